The van der Waals surface area contributed by atoms with Crippen LogP contribution in [0.25, 0.3) is 0 Å². The van der Waals surface area contributed by atoms with Crippen molar-refractivity contribution >= 4 is 39.5 Å². The minimum Gasteiger partial charge on any atom is -0.462 e. The molecule has 0 aliphatic rings. The highest BCUT2D eigenvalue weighted by Crippen LogP contribution is 2.45. The first-order chi connectivity index (χ1) is 47.7. The number of aliphatic hydroxyl groups excluding tert-OH is 1. The van der Waals surface area contributed by atoms with Gasteiger partial charge < -0.3 is 33.8 Å². The first kappa shape index (κ1) is 94.5. The van der Waals surface area contributed by atoms with Crippen molar-refractivity contribution in [2.24, 2.45) is 0 Å². The minimum absolute atomic E-state index is 0.0842. The van der Waals surface area contributed by atoms with E-state index in [2.05, 4.69) is 101 Å². The van der Waals surface area contributed by atoms with Gasteiger partial charge in [0.05, 0.1) is 26.4 Å². The Labute approximate surface area is 596 Å². The van der Waals surface area contributed by atoms with Crippen molar-refractivity contribution in [2.75, 3.05) is 39.6 Å². The predicted molar refractivity (Wildman–Crippen MR) is 400 cm³/mol. The molecule has 0 aromatic rings. The average Bonchev–Trinajstić information content (AvgIpc) is 0.992. The lowest BCUT2D eigenvalue weighted by molar-refractivity contribution is -0.161. The molecule has 0 fully saturated rings. The van der Waals surface area contributed by atoms with Gasteiger partial charge >= 0.3 is 39.5 Å². The molecule has 0 aliphatic carbocycles. The van der Waals surface area contributed by atoms with Gasteiger partial charge in [0.2, 0.25) is 0 Å². The monoisotopic (exact) mass is 1420 g/mol. The smallest absolute Gasteiger partial charge is 0.462 e. The van der Waals surface area contributed by atoms with E-state index in [1.807, 2.05) is 0 Å². The van der Waals surface area contributed by atoms with E-state index in [1.165, 1.54) is 103 Å². The molecule has 0 aromatic carbocycles. The molecule has 0 rings (SSSR count). The number of phosphoric acid groups is 2. The molecule has 19 heteroatoms. The normalized spacial score (nSPS) is 14.3. The zero-order chi connectivity index (χ0) is 71.8. The molecule has 0 saturated carbocycles. The summed E-state index contributed by atoms with van der Waals surface area (Å²) in [6.07, 6.45) is 71.7. The number of allylic oxidation sites excluding steroid dienone is 12. The Morgan fingerprint density at radius 1 is 0.296 bits per heavy atom. The van der Waals surface area contributed by atoms with Crippen LogP contribution in [0.4, 0.5) is 0 Å². The number of aliphatic hydroxyl groups is 1. The quantitative estimate of drug-likeness (QED) is 0.0169. The lowest BCUT2D eigenvalue weighted by Gasteiger charge is -2.21. The number of carbonyl (C=O) groups is 4. The Bertz CT molecular complexity index is 2140. The second-order valence-corrected chi connectivity index (χ2v) is 29.2. The zero-order valence-corrected chi connectivity index (χ0v) is 64.0. The van der Waals surface area contributed by atoms with Crippen molar-refractivity contribution in [3.05, 3.63) is 72.9 Å². The van der Waals surface area contributed by atoms with E-state index in [-0.39, 0.29) is 25.7 Å². The summed E-state index contributed by atoms with van der Waals surface area (Å²) in [6.45, 7) is 4.75. The van der Waals surface area contributed by atoms with Crippen LogP contribution in [0.2, 0.25) is 0 Å². The Hall–Kier alpha value is -3.50. The number of unbranched alkanes of at least 4 members (excludes halogenated alkanes) is 36. The van der Waals surface area contributed by atoms with Crippen molar-refractivity contribution in [1.29, 1.82) is 0 Å². The number of carbonyl (C=O) groups excluding carboxylic acids is 4. The summed E-state index contributed by atoms with van der Waals surface area (Å²) in [4.78, 5) is 72.8. The molecule has 0 aromatic heterocycles. The molecule has 570 valence electrons. The second kappa shape index (κ2) is 71.9. The van der Waals surface area contributed by atoms with E-state index >= 15 is 0 Å². The van der Waals surface area contributed by atoms with Crippen LogP contribution in [-0.2, 0) is 65.4 Å². The lowest BCUT2D eigenvalue weighted by Crippen LogP contribution is -2.30. The number of hydrogen-bond acceptors (Lipinski definition) is 15. The minimum atomic E-state index is -4.97. The van der Waals surface area contributed by atoms with Gasteiger partial charge in [-0.1, -0.05) is 280 Å². The fourth-order valence-electron chi connectivity index (χ4n) is 10.7. The highest BCUT2D eigenvalue weighted by molar-refractivity contribution is 7.47. The Morgan fingerprint density at radius 3 is 0.837 bits per heavy atom. The summed E-state index contributed by atoms with van der Waals surface area (Å²) < 4.78 is 68.5. The van der Waals surface area contributed by atoms with Crippen LogP contribution in [0.3, 0.4) is 0 Å². The number of hydrogen-bond donors (Lipinski definition) is 3. The number of esters is 4. The van der Waals surface area contributed by atoms with E-state index in [0.29, 0.717) is 25.7 Å². The van der Waals surface area contributed by atoms with Crippen LogP contribution >= 0.6 is 15.6 Å². The van der Waals surface area contributed by atoms with Crippen LogP contribution in [0.15, 0.2) is 72.9 Å². The topological polar surface area (TPSA) is 237 Å². The predicted octanol–water partition coefficient (Wildman–Crippen LogP) is 22.4. The summed E-state index contributed by atoms with van der Waals surface area (Å²) in [5.74, 6) is -2.18. The van der Waals surface area contributed by atoms with Gasteiger partial charge in [-0.2, -0.15) is 0 Å². The van der Waals surface area contributed by atoms with Crippen LogP contribution in [0, 0.1) is 0 Å². The molecule has 0 spiro atoms. The second-order valence-electron chi connectivity index (χ2n) is 26.3. The number of rotatable bonds is 74. The zero-order valence-electron chi connectivity index (χ0n) is 62.2. The maximum absolute atomic E-state index is 13.1. The average molecular weight is 1430 g/mol. The fourth-order valence-corrected chi connectivity index (χ4v) is 12.3. The van der Waals surface area contributed by atoms with Gasteiger partial charge in [-0.3, -0.25) is 37.3 Å². The molecule has 17 nitrogen and oxygen atoms in total. The molecule has 98 heavy (non-hydrogen) atoms. The molecule has 0 bridgehead atoms. The van der Waals surface area contributed by atoms with E-state index in [0.717, 1.165) is 167 Å². The highest BCUT2D eigenvalue weighted by Gasteiger charge is 2.30. The van der Waals surface area contributed by atoms with Crippen LogP contribution in [0.1, 0.15) is 349 Å². The van der Waals surface area contributed by atoms with E-state index < -0.39 is 97.5 Å². The maximum Gasteiger partial charge on any atom is 0.472 e. The van der Waals surface area contributed by atoms with Gasteiger partial charge in [0.25, 0.3) is 0 Å². The molecule has 0 amide bonds. The largest absolute Gasteiger partial charge is 0.472 e. The van der Waals surface area contributed by atoms with Crippen molar-refractivity contribution < 1.29 is 80.2 Å². The number of ether oxygens (including phenoxy) is 4. The van der Waals surface area contributed by atoms with E-state index in [9.17, 15) is 43.2 Å². The molecule has 0 radical (unpaired) electrons. The van der Waals surface area contributed by atoms with Crippen LogP contribution in [0.5, 0.6) is 0 Å². The molecule has 0 heterocycles. The van der Waals surface area contributed by atoms with Crippen LogP contribution < -0.4 is 0 Å². The molecular formula is C79H142O17P2. The van der Waals surface area contributed by atoms with Crippen molar-refractivity contribution in [1.82, 2.24) is 0 Å². The third kappa shape index (κ3) is 70.9. The summed E-state index contributed by atoms with van der Waals surface area (Å²) in [5, 5.41) is 10.6. The van der Waals surface area contributed by atoms with Crippen molar-refractivity contribution in [2.45, 2.75) is 367 Å². The van der Waals surface area contributed by atoms with Gasteiger partial charge in [-0.05, 0) is 116 Å². The Balaban J connectivity index is 5.31. The van der Waals surface area contributed by atoms with E-state index in [4.69, 9.17) is 37.0 Å². The Morgan fingerprint density at radius 2 is 0.531 bits per heavy atom. The van der Waals surface area contributed by atoms with Gasteiger partial charge in [-0.15, -0.1) is 0 Å². The summed E-state index contributed by atoms with van der Waals surface area (Å²) >= 11 is 0. The van der Waals surface area contributed by atoms with Gasteiger partial charge in [0.15, 0.2) is 12.2 Å². The molecule has 5 atom stereocenters. The maximum atomic E-state index is 13.1. The van der Waals surface area contributed by atoms with Gasteiger partial charge in [0.1, 0.15) is 19.3 Å². The molecule has 0 aliphatic heterocycles. The lowest BCUT2D eigenvalue weighted by atomic mass is 10.1. The van der Waals surface area contributed by atoms with Crippen molar-refractivity contribution in [3.63, 3.8) is 0 Å². The number of phosphoric ester groups is 2. The summed E-state index contributed by atoms with van der Waals surface area (Å²) in [5.41, 5.74) is 0. The third-order valence-corrected chi connectivity index (χ3v) is 18.6. The van der Waals surface area contributed by atoms with E-state index in [1.54, 1.807) is 0 Å². The SMILES string of the molecule is CC/C=C\C/C=C\C/C=C\C/C=C\CCCCCCCCC(=O)OCC(COP(=O)(O)OCC(O)COP(=O)(O)OCC(COC(=O)CCCCCCC/C=C\CCCCCC)OC(=O)CCCCCCCCCCCCC)OC(=O)CCCCCCC/C=C\CCCCCCCC. The molecule has 0 saturated heterocycles. The van der Waals surface area contributed by atoms with Crippen molar-refractivity contribution in [3.8, 4) is 0 Å². The molecule has 3 N–H and O–H groups in total. The molecule has 5 unspecified atom stereocenters. The standard InChI is InChI=1S/C79H142O17P2/c1-5-9-13-17-21-25-29-32-34-35-36-37-39-41-45-48-52-56-60-64-77(82)90-70-75(96-79(84)66-62-58-54-50-46-42-38-33-30-26-22-18-14-10-6-2)72-94-98(87,88)92-68-73(80)67-91-97(85,86)93-71-74(95-78(83)65-61-57-53-49-43-28-24-20-16-12-8-4)69-89-76(81)63-59-55-51-47-44-40-31-27-23-19-15-11-7-3/h9,13,21,25,27,31-34,36-38,73-75,80H,5-8,10-12,14-20,22-24,26,28-30,35,39-72H2,1-4H3,(H,85,86)(H,87,88)/b13-9-,25-21-,31-27-,34-32-,37-36-,38-33-. The van der Waals surface area contributed by atoms with Gasteiger partial charge in [0, 0.05) is 25.7 Å². The summed E-state index contributed by atoms with van der Waals surface area (Å²) in [6, 6.07) is 0. The van der Waals surface area contributed by atoms with Gasteiger partial charge in [-0.25, -0.2) is 9.13 Å². The third-order valence-electron chi connectivity index (χ3n) is 16.7. The fraction of sp³-hybridized carbons (Fsp3) is 0.797. The first-order valence-corrected chi connectivity index (χ1v) is 42.2. The first-order valence-electron chi connectivity index (χ1n) is 39.2. The summed E-state index contributed by atoms with van der Waals surface area (Å²) in [7, 11) is -9.94. The molecular weight excluding hydrogens is 1280 g/mol. The highest BCUT2D eigenvalue weighted by atomic mass is 31.2. The Kier molecular flexibility index (Phi) is 69.3. The van der Waals surface area contributed by atoms with Crippen LogP contribution in [-0.4, -0.2) is 96.7 Å².